The molecule has 3 rings (SSSR count). The van der Waals surface area contributed by atoms with Crippen molar-refractivity contribution >= 4 is 17.6 Å². The summed E-state index contributed by atoms with van der Waals surface area (Å²) in [4.78, 5) is 7.15. The molecule has 1 unspecified atom stereocenters. The van der Waals surface area contributed by atoms with E-state index in [1.165, 1.54) is 5.56 Å². The molecule has 1 aromatic carbocycles. The average Bonchev–Trinajstić information content (AvgIpc) is 3.28. The number of halogens is 1. The first kappa shape index (κ1) is 18.6. The van der Waals surface area contributed by atoms with Gasteiger partial charge in [-0.2, -0.15) is 5.10 Å². The zero-order valence-corrected chi connectivity index (χ0v) is 16.3. The normalized spacial score (nSPS) is 17.6. The maximum atomic E-state index is 6.04. The molecule has 0 bridgehead atoms. The molecule has 0 aliphatic carbocycles. The number of nitrogens with one attached hydrogen (secondary N) is 1. The third-order valence-corrected chi connectivity index (χ3v) is 4.90. The Morgan fingerprint density at radius 1 is 1.46 bits per heavy atom. The van der Waals surface area contributed by atoms with Gasteiger partial charge in [0.25, 0.3) is 0 Å². The van der Waals surface area contributed by atoms with Crippen molar-refractivity contribution in [1.29, 1.82) is 0 Å². The van der Waals surface area contributed by atoms with E-state index in [4.69, 9.17) is 21.3 Å². The second-order valence-corrected chi connectivity index (χ2v) is 6.94. The number of ether oxygens (including phenoxy) is 1. The second-order valence-electron chi connectivity index (χ2n) is 6.51. The van der Waals surface area contributed by atoms with Gasteiger partial charge in [0, 0.05) is 49.4 Å². The smallest absolute Gasteiger partial charge is 0.194 e. The fourth-order valence-electron chi connectivity index (χ4n) is 3.31. The van der Waals surface area contributed by atoms with Crippen LogP contribution in [0.2, 0.25) is 5.02 Å². The monoisotopic (exact) mass is 375 g/mol. The molecule has 0 spiro atoms. The van der Waals surface area contributed by atoms with Gasteiger partial charge in [0.1, 0.15) is 5.75 Å². The highest BCUT2D eigenvalue weighted by Gasteiger charge is 2.26. The summed E-state index contributed by atoms with van der Waals surface area (Å²) in [6.45, 7) is 5.42. The molecule has 2 aromatic rings. The van der Waals surface area contributed by atoms with Crippen LogP contribution in [0.4, 0.5) is 0 Å². The molecule has 1 aliphatic heterocycles. The van der Waals surface area contributed by atoms with Gasteiger partial charge < -0.3 is 15.0 Å². The molecule has 7 heteroatoms. The van der Waals surface area contributed by atoms with Gasteiger partial charge in [-0.25, -0.2) is 4.99 Å². The van der Waals surface area contributed by atoms with Crippen molar-refractivity contribution in [3.8, 4) is 5.75 Å². The van der Waals surface area contributed by atoms with Gasteiger partial charge in [-0.3, -0.25) is 4.68 Å². The molecule has 26 heavy (non-hydrogen) atoms. The summed E-state index contributed by atoms with van der Waals surface area (Å²) < 4.78 is 7.29. The van der Waals surface area contributed by atoms with Crippen LogP contribution in [-0.4, -0.2) is 47.4 Å². The number of aliphatic imine (C=N–C) groups is 1. The van der Waals surface area contributed by atoms with Crippen LogP contribution in [-0.2, 0) is 13.6 Å². The highest BCUT2D eigenvalue weighted by Crippen LogP contribution is 2.27. The van der Waals surface area contributed by atoms with Gasteiger partial charge >= 0.3 is 0 Å². The number of guanidine groups is 1. The average molecular weight is 376 g/mol. The summed E-state index contributed by atoms with van der Waals surface area (Å²) in [5.41, 5.74) is 2.32. The van der Waals surface area contributed by atoms with Gasteiger partial charge in [0.15, 0.2) is 5.96 Å². The Bertz CT molecular complexity index is 773. The summed E-state index contributed by atoms with van der Waals surface area (Å²) in [7, 11) is 3.62. The molecule has 1 aromatic heterocycles. The first-order chi connectivity index (χ1) is 12.6. The highest BCUT2D eigenvalue weighted by atomic mass is 35.5. The number of benzene rings is 1. The third kappa shape index (κ3) is 4.30. The Morgan fingerprint density at radius 3 is 3.00 bits per heavy atom. The zero-order valence-electron chi connectivity index (χ0n) is 15.6. The Labute approximate surface area is 159 Å². The topological polar surface area (TPSA) is 54.7 Å². The Morgan fingerprint density at radius 2 is 2.31 bits per heavy atom. The molecule has 1 saturated heterocycles. The fraction of sp³-hybridized carbons (Fsp3) is 0.474. The van der Waals surface area contributed by atoms with Crippen LogP contribution in [0.5, 0.6) is 5.75 Å². The van der Waals surface area contributed by atoms with E-state index in [1.54, 1.807) is 7.11 Å². The van der Waals surface area contributed by atoms with Crippen molar-refractivity contribution in [2.75, 3.05) is 26.7 Å². The molecule has 0 amide bonds. The summed E-state index contributed by atoms with van der Waals surface area (Å²) in [5.74, 6) is 2.21. The Kier molecular flexibility index (Phi) is 6.04. The molecule has 0 saturated carbocycles. The maximum Gasteiger partial charge on any atom is 0.194 e. The van der Waals surface area contributed by atoms with E-state index in [2.05, 4.69) is 28.4 Å². The number of aromatic nitrogens is 2. The van der Waals surface area contributed by atoms with Gasteiger partial charge in [-0.1, -0.05) is 17.7 Å². The SMILES string of the molecule is CCNC(=NCc1ccc(Cl)cc1OC)N1CCC(c2cnn(C)c2)C1. The predicted octanol–water partition coefficient (Wildman–Crippen LogP) is 3.04. The lowest BCUT2D eigenvalue weighted by atomic mass is 10.0. The van der Waals surface area contributed by atoms with Gasteiger partial charge in [0.05, 0.1) is 19.9 Å². The Hall–Kier alpha value is -2.21. The molecular formula is C19H26ClN5O. The second kappa shape index (κ2) is 8.45. The van der Waals surface area contributed by atoms with E-state index in [1.807, 2.05) is 36.1 Å². The minimum absolute atomic E-state index is 0.498. The quantitative estimate of drug-likeness (QED) is 0.644. The number of likely N-dealkylation sites (tertiary alicyclic amines) is 1. The summed E-state index contributed by atoms with van der Waals surface area (Å²) >= 11 is 6.04. The summed E-state index contributed by atoms with van der Waals surface area (Å²) in [6.07, 6.45) is 5.19. The lowest BCUT2D eigenvalue weighted by molar-refractivity contribution is 0.409. The minimum Gasteiger partial charge on any atom is -0.496 e. The van der Waals surface area contributed by atoms with E-state index >= 15 is 0 Å². The van der Waals surface area contributed by atoms with Gasteiger partial charge in [-0.15, -0.1) is 0 Å². The van der Waals surface area contributed by atoms with Crippen molar-refractivity contribution in [3.05, 3.63) is 46.7 Å². The molecule has 0 radical (unpaired) electrons. The van der Waals surface area contributed by atoms with E-state index in [9.17, 15) is 0 Å². The number of nitrogens with zero attached hydrogens (tertiary/aromatic N) is 4. The molecule has 1 fully saturated rings. The fourth-order valence-corrected chi connectivity index (χ4v) is 3.47. The highest BCUT2D eigenvalue weighted by molar-refractivity contribution is 6.30. The van der Waals surface area contributed by atoms with Gasteiger partial charge in [0.2, 0.25) is 0 Å². The lowest BCUT2D eigenvalue weighted by Crippen LogP contribution is -2.40. The van der Waals surface area contributed by atoms with Crippen LogP contribution in [0.1, 0.15) is 30.4 Å². The molecular weight excluding hydrogens is 350 g/mol. The third-order valence-electron chi connectivity index (χ3n) is 4.67. The predicted molar refractivity (Wildman–Crippen MR) is 105 cm³/mol. The molecule has 6 nitrogen and oxygen atoms in total. The molecule has 2 heterocycles. The number of aryl methyl sites for hydroxylation is 1. The lowest BCUT2D eigenvalue weighted by Gasteiger charge is -2.21. The van der Waals surface area contributed by atoms with Crippen molar-refractivity contribution in [3.63, 3.8) is 0 Å². The zero-order chi connectivity index (χ0) is 18.5. The van der Waals surface area contributed by atoms with Crippen molar-refractivity contribution in [2.45, 2.75) is 25.8 Å². The Balaban J connectivity index is 1.72. The first-order valence-corrected chi connectivity index (χ1v) is 9.32. The number of hydrogen-bond donors (Lipinski definition) is 1. The van der Waals surface area contributed by atoms with Crippen LogP contribution < -0.4 is 10.1 Å². The van der Waals surface area contributed by atoms with E-state index in [0.29, 0.717) is 17.5 Å². The number of hydrogen-bond acceptors (Lipinski definition) is 3. The number of rotatable bonds is 5. The first-order valence-electron chi connectivity index (χ1n) is 8.95. The van der Waals surface area contributed by atoms with Crippen LogP contribution >= 0.6 is 11.6 Å². The van der Waals surface area contributed by atoms with Crippen molar-refractivity contribution in [1.82, 2.24) is 20.0 Å². The standard InChI is InChI=1S/C19H26ClN5O/c1-4-21-19(22-10-14-5-6-17(20)9-18(14)26-3)25-8-7-15(13-25)16-11-23-24(2)12-16/h5-6,9,11-12,15H,4,7-8,10,13H2,1-3H3,(H,21,22). The van der Waals surface area contributed by atoms with E-state index in [-0.39, 0.29) is 0 Å². The molecule has 140 valence electrons. The maximum absolute atomic E-state index is 6.04. The van der Waals surface area contributed by atoms with Crippen LogP contribution in [0.25, 0.3) is 0 Å². The summed E-state index contributed by atoms with van der Waals surface area (Å²) in [6, 6.07) is 5.67. The number of methoxy groups -OCH3 is 1. The van der Waals surface area contributed by atoms with Crippen LogP contribution in [0.3, 0.4) is 0 Å². The van der Waals surface area contributed by atoms with E-state index in [0.717, 1.165) is 43.3 Å². The minimum atomic E-state index is 0.498. The summed E-state index contributed by atoms with van der Waals surface area (Å²) in [5, 5.41) is 8.37. The van der Waals surface area contributed by atoms with Crippen LogP contribution in [0, 0.1) is 0 Å². The van der Waals surface area contributed by atoms with Crippen molar-refractivity contribution in [2.24, 2.45) is 12.0 Å². The molecule has 1 N–H and O–H groups in total. The van der Waals surface area contributed by atoms with E-state index < -0.39 is 0 Å². The molecule has 1 atom stereocenters. The van der Waals surface area contributed by atoms with Crippen molar-refractivity contribution < 1.29 is 4.74 Å². The van der Waals surface area contributed by atoms with Gasteiger partial charge in [-0.05, 0) is 31.0 Å². The van der Waals surface area contributed by atoms with Crippen LogP contribution in [0.15, 0.2) is 35.6 Å². The molecule has 1 aliphatic rings. The largest absolute Gasteiger partial charge is 0.496 e.